The quantitative estimate of drug-likeness (QED) is 0.862. The van der Waals surface area contributed by atoms with Crippen molar-refractivity contribution in [1.29, 1.82) is 0 Å². The summed E-state index contributed by atoms with van der Waals surface area (Å²) >= 11 is 0. The van der Waals surface area contributed by atoms with Crippen molar-refractivity contribution in [2.75, 3.05) is 38.1 Å². The Kier molecular flexibility index (Phi) is 4.87. The number of rotatable bonds is 5. The van der Waals surface area contributed by atoms with Gasteiger partial charge < -0.3 is 15.1 Å². The molecular weight excluding hydrogens is 292 g/mol. The predicted molar refractivity (Wildman–Crippen MR) is 88.0 cm³/mol. The van der Waals surface area contributed by atoms with Crippen LogP contribution in [-0.4, -0.2) is 58.8 Å². The maximum Gasteiger partial charge on any atom is 0.241 e. The molecule has 0 atom stereocenters. The summed E-state index contributed by atoms with van der Waals surface area (Å²) in [5.41, 5.74) is 0.997. The van der Waals surface area contributed by atoms with Gasteiger partial charge in [-0.15, -0.1) is 0 Å². The molecule has 1 N–H and O–H groups in total. The first-order valence-electron chi connectivity index (χ1n) is 7.83. The number of nitrogens with one attached hydrogen (secondary N) is 1. The van der Waals surface area contributed by atoms with Gasteiger partial charge in [0.1, 0.15) is 12.4 Å². The highest BCUT2D eigenvalue weighted by atomic mass is 16.2. The van der Waals surface area contributed by atoms with Gasteiger partial charge in [0.05, 0.1) is 0 Å². The molecule has 1 aliphatic rings. The number of pyridine rings is 1. The highest BCUT2D eigenvalue weighted by molar-refractivity contribution is 5.75. The Labute approximate surface area is 135 Å². The minimum absolute atomic E-state index is 0.0585. The van der Waals surface area contributed by atoms with Crippen molar-refractivity contribution < 1.29 is 4.79 Å². The summed E-state index contributed by atoms with van der Waals surface area (Å²) in [7, 11) is 2.14. The largest absolute Gasteiger partial charge is 0.354 e. The number of aromatic nitrogens is 3. The lowest BCUT2D eigenvalue weighted by atomic mass is 10.2. The molecule has 0 aliphatic carbocycles. The van der Waals surface area contributed by atoms with Crippen molar-refractivity contribution in [1.82, 2.24) is 25.0 Å². The van der Waals surface area contributed by atoms with Gasteiger partial charge in [-0.3, -0.25) is 9.48 Å². The molecule has 122 valence electrons. The van der Waals surface area contributed by atoms with Gasteiger partial charge in [0.25, 0.3) is 0 Å². The molecule has 7 nitrogen and oxygen atoms in total. The maximum absolute atomic E-state index is 11.8. The summed E-state index contributed by atoms with van der Waals surface area (Å²) in [6.07, 6.45) is 5.27. The molecule has 0 spiro atoms. The molecule has 1 saturated heterocycles. The van der Waals surface area contributed by atoms with Crippen LogP contribution in [0.4, 0.5) is 5.82 Å². The van der Waals surface area contributed by atoms with Crippen LogP contribution < -0.4 is 10.2 Å². The Bertz CT molecular complexity index is 617. The van der Waals surface area contributed by atoms with Crippen LogP contribution in [-0.2, 0) is 17.9 Å². The second-order valence-electron chi connectivity index (χ2n) is 5.80. The molecule has 0 aromatic carbocycles. The first-order chi connectivity index (χ1) is 11.2. The Morgan fingerprint density at radius 3 is 2.74 bits per heavy atom. The topological polar surface area (TPSA) is 66.3 Å². The molecule has 3 heterocycles. The van der Waals surface area contributed by atoms with Gasteiger partial charge >= 0.3 is 0 Å². The maximum atomic E-state index is 11.8. The Balaban J connectivity index is 1.48. The zero-order chi connectivity index (χ0) is 16.1. The SMILES string of the molecule is CN1CCN(c2ccc(CNC(=O)Cn3cccn3)cn2)CC1. The number of piperazine rings is 1. The monoisotopic (exact) mass is 314 g/mol. The number of carbonyl (C=O) groups is 1. The normalized spacial score (nSPS) is 15.6. The second kappa shape index (κ2) is 7.23. The summed E-state index contributed by atoms with van der Waals surface area (Å²) < 4.78 is 1.60. The third kappa shape index (κ3) is 4.29. The highest BCUT2D eigenvalue weighted by Crippen LogP contribution is 2.13. The van der Waals surface area contributed by atoms with Crippen molar-refractivity contribution in [3.63, 3.8) is 0 Å². The van der Waals surface area contributed by atoms with E-state index in [0.29, 0.717) is 6.54 Å². The van der Waals surface area contributed by atoms with Crippen LogP contribution in [0.2, 0.25) is 0 Å². The molecule has 3 rings (SSSR count). The Morgan fingerprint density at radius 2 is 2.09 bits per heavy atom. The Hall–Kier alpha value is -2.41. The molecule has 0 saturated carbocycles. The van der Waals surface area contributed by atoms with E-state index in [1.54, 1.807) is 23.1 Å². The lowest BCUT2D eigenvalue weighted by molar-refractivity contribution is -0.122. The van der Waals surface area contributed by atoms with E-state index in [9.17, 15) is 4.79 Å². The predicted octanol–water partition coefficient (Wildman–Crippen LogP) is 0.346. The van der Waals surface area contributed by atoms with Crippen LogP contribution in [0, 0.1) is 0 Å². The lowest BCUT2D eigenvalue weighted by Gasteiger charge is -2.33. The van der Waals surface area contributed by atoms with E-state index >= 15 is 0 Å². The van der Waals surface area contributed by atoms with Crippen LogP contribution in [0.5, 0.6) is 0 Å². The van der Waals surface area contributed by atoms with Gasteiger partial charge in [-0.25, -0.2) is 4.98 Å². The first-order valence-corrected chi connectivity index (χ1v) is 7.83. The van der Waals surface area contributed by atoms with E-state index in [1.165, 1.54) is 0 Å². The van der Waals surface area contributed by atoms with E-state index in [-0.39, 0.29) is 12.5 Å². The molecule has 0 bridgehead atoms. The number of anilines is 1. The van der Waals surface area contributed by atoms with Crippen molar-refractivity contribution in [2.24, 2.45) is 0 Å². The molecule has 2 aromatic heterocycles. The standard InChI is InChI=1S/C16H22N6O/c1-20-7-9-21(10-8-20)15-4-3-14(11-17-15)12-18-16(23)13-22-6-2-5-19-22/h2-6,11H,7-10,12-13H2,1H3,(H,18,23). The van der Waals surface area contributed by atoms with Gasteiger partial charge in [0.15, 0.2) is 0 Å². The molecule has 23 heavy (non-hydrogen) atoms. The van der Waals surface area contributed by atoms with Gasteiger partial charge in [-0.1, -0.05) is 6.07 Å². The average Bonchev–Trinajstić information content (AvgIpc) is 3.07. The number of hydrogen-bond donors (Lipinski definition) is 1. The summed E-state index contributed by atoms with van der Waals surface area (Å²) in [5, 5.41) is 6.90. The van der Waals surface area contributed by atoms with Crippen molar-refractivity contribution >= 4 is 11.7 Å². The number of nitrogens with zero attached hydrogens (tertiary/aromatic N) is 5. The smallest absolute Gasteiger partial charge is 0.241 e. The number of likely N-dealkylation sites (N-methyl/N-ethyl adjacent to an activating group) is 1. The van der Waals surface area contributed by atoms with E-state index in [2.05, 4.69) is 32.2 Å². The molecule has 2 aromatic rings. The van der Waals surface area contributed by atoms with E-state index < -0.39 is 0 Å². The molecule has 0 unspecified atom stereocenters. The highest BCUT2D eigenvalue weighted by Gasteiger charge is 2.14. The number of amides is 1. The van der Waals surface area contributed by atoms with Gasteiger partial charge in [-0.2, -0.15) is 5.10 Å². The fourth-order valence-electron chi connectivity index (χ4n) is 2.54. The van der Waals surface area contributed by atoms with Crippen molar-refractivity contribution in [3.8, 4) is 0 Å². The van der Waals surface area contributed by atoms with Crippen LogP contribution in [0.3, 0.4) is 0 Å². The number of hydrogen-bond acceptors (Lipinski definition) is 5. The van der Waals surface area contributed by atoms with Crippen LogP contribution in [0.1, 0.15) is 5.56 Å². The summed E-state index contributed by atoms with van der Waals surface area (Å²) in [6.45, 7) is 4.85. The minimum atomic E-state index is -0.0585. The molecule has 1 fully saturated rings. The zero-order valence-electron chi connectivity index (χ0n) is 13.4. The summed E-state index contributed by atoms with van der Waals surface area (Å²) in [5.74, 6) is 0.946. The van der Waals surface area contributed by atoms with Crippen LogP contribution >= 0.6 is 0 Å². The minimum Gasteiger partial charge on any atom is -0.354 e. The fourth-order valence-corrected chi connectivity index (χ4v) is 2.54. The van der Waals surface area contributed by atoms with Gasteiger partial charge in [0.2, 0.25) is 5.91 Å². The van der Waals surface area contributed by atoms with E-state index in [0.717, 1.165) is 37.6 Å². The molecule has 0 radical (unpaired) electrons. The molecular formula is C16H22N6O. The molecule has 7 heteroatoms. The van der Waals surface area contributed by atoms with Gasteiger partial charge in [0, 0.05) is 51.3 Å². The van der Waals surface area contributed by atoms with E-state index in [1.807, 2.05) is 18.3 Å². The number of carbonyl (C=O) groups excluding carboxylic acids is 1. The fraction of sp³-hybridized carbons (Fsp3) is 0.438. The average molecular weight is 314 g/mol. The van der Waals surface area contributed by atoms with Crippen LogP contribution in [0.15, 0.2) is 36.8 Å². The van der Waals surface area contributed by atoms with E-state index in [4.69, 9.17) is 0 Å². The third-order valence-electron chi connectivity index (χ3n) is 3.99. The Morgan fingerprint density at radius 1 is 1.26 bits per heavy atom. The molecule has 1 aliphatic heterocycles. The summed E-state index contributed by atoms with van der Waals surface area (Å²) in [4.78, 5) is 21.0. The molecule has 1 amide bonds. The lowest BCUT2D eigenvalue weighted by Crippen LogP contribution is -2.44. The van der Waals surface area contributed by atoms with Crippen molar-refractivity contribution in [3.05, 3.63) is 42.4 Å². The second-order valence-corrected chi connectivity index (χ2v) is 5.80. The van der Waals surface area contributed by atoms with Gasteiger partial charge in [-0.05, 0) is 24.7 Å². The summed E-state index contributed by atoms with van der Waals surface area (Å²) in [6, 6.07) is 5.85. The van der Waals surface area contributed by atoms with Crippen molar-refractivity contribution in [2.45, 2.75) is 13.1 Å². The first kappa shape index (κ1) is 15.5. The third-order valence-corrected chi connectivity index (χ3v) is 3.99. The van der Waals surface area contributed by atoms with Crippen LogP contribution in [0.25, 0.3) is 0 Å². The zero-order valence-corrected chi connectivity index (χ0v) is 13.4.